The lowest BCUT2D eigenvalue weighted by atomic mass is 10.0. The zero-order valence-corrected chi connectivity index (χ0v) is 11.6. The molecular formula is C17H14N4. The molecule has 102 valence electrons. The summed E-state index contributed by atoms with van der Waals surface area (Å²) >= 11 is 0. The molecule has 0 saturated carbocycles. The van der Waals surface area contributed by atoms with Gasteiger partial charge in [0.2, 0.25) is 0 Å². The number of fused-ring (bicyclic) bond motifs is 1. The van der Waals surface area contributed by atoms with Gasteiger partial charge in [0.1, 0.15) is 6.33 Å². The lowest BCUT2D eigenvalue weighted by Crippen LogP contribution is -1.87. The second-order valence-corrected chi connectivity index (χ2v) is 5.13. The van der Waals surface area contributed by atoms with Crippen LogP contribution in [0.3, 0.4) is 0 Å². The van der Waals surface area contributed by atoms with E-state index in [0.29, 0.717) is 0 Å². The number of para-hydroxylation sites is 1. The monoisotopic (exact) mass is 274 g/mol. The van der Waals surface area contributed by atoms with Crippen molar-refractivity contribution in [2.75, 3.05) is 0 Å². The van der Waals surface area contributed by atoms with Crippen LogP contribution in [0.5, 0.6) is 0 Å². The quantitative estimate of drug-likeness (QED) is 0.582. The molecule has 4 rings (SSSR count). The zero-order chi connectivity index (χ0) is 14.2. The van der Waals surface area contributed by atoms with Gasteiger partial charge < -0.3 is 4.98 Å². The summed E-state index contributed by atoms with van der Waals surface area (Å²) in [5, 5.41) is 8.04. The predicted octanol–water partition coefficient (Wildman–Crippen LogP) is 3.93. The van der Waals surface area contributed by atoms with E-state index in [0.717, 1.165) is 22.6 Å². The fourth-order valence-corrected chi connectivity index (χ4v) is 2.62. The average molecular weight is 274 g/mol. The molecular weight excluding hydrogens is 260 g/mol. The second kappa shape index (κ2) is 4.59. The van der Waals surface area contributed by atoms with Crippen LogP contribution in [-0.4, -0.2) is 20.2 Å². The SMILES string of the molecule is Cc1ccc(-c2ncn[nH]2)cc1-c1cc2ccccc2[nH]1. The standard InChI is InChI=1S/C17H14N4/c1-11-6-7-13(17-18-10-19-21-17)8-14(11)16-9-12-4-2-3-5-15(12)20-16/h2-10,20H,1H3,(H,18,19,21). The van der Waals surface area contributed by atoms with Crippen molar-refractivity contribution in [1.82, 2.24) is 20.2 Å². The van der Waals surface area contributed by atoms with Crippen LogP contribution < -0.4 is 0 Å². The molecule has 0 spiro atoms. The highest BCUT2D eigenvalue weighted by molar-refractivity contribution is 5.87. The van der Waals surface area contributed by atoms with Gasteiger partial charge in [0, 0.05) is 27.7 Å². The molecule has 0 amide bonds. The smallest absolute Gasteiger partial charge is 0.155 e. The Morgan fingerprint density at radius 1 is 1.00 bits per heavy atom. The average Bonchev–Trinajstić information content (AvgIpc) is 3.17. The number of aromatic nitrogens is 4. The van der Waals surface area contributed by atoms with Crippen molar-refractivity contribution in [3.05, 3.63) is 60.4 Å². The van der Waals surface area contributed by atoms with Gasteiger partial charge in [0.25, 0.3) is 0 Å². The van der Waals surface area contributed by atoms with Crippen molar-refractivity contribution in [2.45, 2.75) is 6.92 Å². The van der Waals surface area contributed by atoms with Crippen LogP contribution >= 0.6 is 0 Å². The highest BCUT2D eigenvalue weighted by Crippen LogP contribution is 2.29. The normalized spacial score (nSPS) is 11.1. The summed E-state index contributed by atoms with van der Waals surface area (Å²) in [6, 6.07) is 16.8. The fourth-order valence-electron chi connectivity index (χ4n) is 2.62. The van der Waals surface area contributed by atoms with Gasteiger partial charge in [-0.15, -0.1) is 0 Å². The maximum absolute atomic E-state index is 4.22. The number of nitrogens with zero attached hydrogens (tertiary/aromatic N) is 2. The number of H-pyrrole nitrogens is 2. The van der Waals surface area contributed by atoms with E-state index in [-0.39, 0.29) is 0 Å². The summed E-state index contributed by atoms with van der Waals surface area (Å²) in [5.41, 5.74) is 5.71. The Morgan fingerprint density at radius 3 is 2.71 bits per heavy atom. The minimum Gasteiger partial charge on any atom is -0.355 e. The van der Waals surface area contributed by atoms with Crippen LogP contribution in [0.1, 0.15) is 5.56 Å². The zero-order valence-electron chi connectivity index (χ0n) is 11.6. The van der Waals surface area contributed by atoms with Crippen LogP contribution in [0, 0.1) is 6.92 Å². The van der Waals surface area contributed by atoms with E-state index in [4.69, 9.17) is 0 Å². The lowest BCUT2D eigenvalue weighted by molar-refractivity contribution is 1.09. The number of nitrogens with one attached hydrogen (secondary N) is 2. The van der Waals surface area contributed by atoms with Crippen molar-refractivity contribution in [2.24, 2.45) is 0 Å². The Kier molecular flexibility index (Phi) is 2.60. The molecule has 2 heterocycles. The predicted molar refractivity (Wildman–Crippen MR) is 83.8 cm³/mol. The molecule has 0 unspecified atom stereocenters. The van der Waals surface area contributed by atoms with Crippen LogP contribution in [-0.2, 0) is 0 Å². The molecule has 0 bridgehead atoms. The molecule has 4 heteroatoms. The summed E-state index contributed by atoms with van der Waals surface area (Å²) in [4.78, 5) is 7.70. The number of hydrogen-bond donors (Lipinski definition) is 2. The van der Waals surface area contributed by atoms with Crippen LogP contribution in [0.25, 0.3) is 33.5 Å². The summed E-state index contributed by atoms with van der Waals surface area (Å²) in [6.45, 7) is 2.12. The minimum atomic E-state index is 0.785. The molecule has 4 nitrogen and oxygen atoms in total. The molecule has 0 aliphatic heterocycles. The third-order valence-corrected chi connectivity index (χ3v) is 3.75. The molecule has 4 aromatic rings. The lowest BCUT2D eigenvalue weighted by Gasteiger charge is -2.06. The Balaban J connectivity index is 1.89. The van der Waals surface area contributed by atoms with E-state index in [9.17, 15) is 0 Å². The number of hydrogen-bond acceptors (Lipinski definition) is 2. The molecule has 0 fully saturated rings. The van der Waals surface area contributed by atoms with Crippen LogP contribution in [0.15, 0.2) is 54.9 Å². The summed E-state index contributed by atoms with van der Waals surface area (Å²) in [5.74, 6) is 0.785. The van der Waals surface area contributed by atoms with Gasteiger partial charge in [0.05, 0.1) is 0 Å². The van der Waals surface area contributed by atoms with E-state index in [2.05, 4.69) is 69.6 Å². The number of aromatic amines is 2. The summed E-state index contributed by atoms with van der Waals surface area (Å²) in [7, 11) is 0. The molecule has 0 aliphatic rings. The Bertz CT molecular complexity index is 871. The molecule has 0 aliphatic carbocycles. The fraction of sp³-hybridized carbons (Fsp3) is 0.0588. The number of rotatable bonds is 2. The van der Waals surface area contributed by atoms with Gasteiger partial charge in [-0.1, -0.05) is 30.3 Å². The Morgan fingerprint density at radius 2 is 1.90 bits per heavy atom. The Hall–Kier alpha value is -2.88. The first-order chi connectivity index (χ1) is 10.3. The molecule has 2 aromatic heterocycles. The van der Waals surface area contributed by atoms with Crippen LogP contribution in [0.4, 0.5) is 0 Å². The van der Waals surface area contributed by atoms with Gasteiger partial charge in [-0.2, -0.15) is 5.10 Å². The number of benzene rings is 2. The Labute approximate surface area is 121 Å². The molecule has 0 atom stereocenters. The summed E-state index contributed by atoms with van der Waals surface area (Å²) in [6.07, 6.45) is 1.53. The van der Waals surface area contributed by atoms with E-state index >= 15 is 0 Å². The maximum Gasteiger partial charge on any atom is 0.155 e. The van der Waals surface area contributed by atoms with Crippen molar-refractivity contribution >= 4 is 10.9 Å². The van der Waals surface area contributed by atoms with Gasteiger partial charge in [-0.3, -0.25) is 5.10 Å². The van der Waals surface area contributed by atoms with Crippen molar-refractivity contribution < 1.29 is 0 Å². The largest absolute Gasteiger partial charge is 0.355 e. The van der Waals surface area contributed by atoms with Gasteiger partial charge in [0.15, 0.2) is 5.82 Å². The van der Waals surface area contributed by atoms with Crippen molar-refractivity contribution in [3.63, 3.8) is 0 Å². The third kappa shape index (κ3) is 2.01. The maximum atomic E-state index is 4.22. The first kappa shape index (κ1) is 11.9. The van der Waals surface area contributed by atoms with Crippen molar-refractivity contribution in [1.29, 1.82) is 0 Å². The van der Waals surface area contributed by atoms with Gasteiger partial charge in [-0.05, 0) is 30.7 Å². The van der Waals surface area contributed by atoms with Crippen LogP contribution in [0.2, 0.25) is 0 Å². The van der Waals surface area contributed by atoms with E-state index < -0.39 is 0 Å². The molecule has 21 heavy (non-hydrogen) atoms. The van der Waals surface area contributed by atoms with Gasteiger partial charge in [-0.25, -0.2) is 4.98 Å². The minimum absolute atomic E-state index is 0.785. The van der Waals surface area contributed by atoms with E-state index in [1.165, 1.54) is 22.8 Å². The van der Waals surface area contributed by atoms with E-state index in [1.54, 1.807) is 0 Å². The summed E-state index contributed by atoms with van der Waals surface area (Å²) < 4.78 is 0. The van der Waals surface area contributed by atoms with E-state index in [1.807, 2.05) is 6.07 Å². The molecule has 0 radical (unpaired) electrons. The number of aryl methyl sites for hydroxylation is 1. The van der Waals surface area contributed by atoms with Crippen molar-refractivity contribution in [3.8, 4) is 22.6 Å². The molecule has 2 N–H and O–H groups in total. The first-order valence-electron chi connectivity index (χ1n) is 6.86. The molecule has 0 saturated heterocycles. The first-order valence-corrected chi connectivity index (χ1v) is 6.86. The molecule has 2 aromatic carbocycles. The van der Waals surface area contributed by atoms with Gasteiger partial charge >= 0.3 is 0 Å². The highest BCUT2D eigenvalue weighted by atomic mass is 15.2. The third-order valence-electron chi connectivity index (χ3n) is 3.75. The highest BCUT2D eigenvalue weighted by Gasteiger charge is 2.09. The topological polar surface area (TPSA) is 57.4 Å². The second-order valence-electron chi connectivity index (χ2n) is 5.13.